The summed E-state index contributed by atoms with van der Waals surface area (Å²) in [5, 5.41) is 10.0. The van der Waals surface area contributed by atoms with Gasteiger partial charge in [0.15, 0.2) is 8.32 Å². The monoisotopic (exact) mass is 372 g/mol. The van der Waals surface area contributed by atoms with Crippen LogP contribution in [-0.2, 0) is 14.0 Å². The maximum absolute atomic E-state index is 11.4. The Morgan fingerprint density at radius 3 is 1.84 bits per heavy atom. The fraction of sp³-hybridized carbons (Fsp3) is 0.850. The maximum atomic E-state index is 11.4. The number of ether oxygens (including phenoxy) is 1. The molecule has 0 aromatic rings. The first-order valence-corrected chi connectivity index (χ1v) is 11.7. The lowest BCUT2D eigenvalue weighted by atomic mass is 9.97. The van der Waals surface area contributed by atoms with Crippen LogP contribution in [0.5, 0.6) is 0 Å². The summed E-state index contributed by atoms with van der Waals surface area (Å²) in [7, 11) is -0.501. The molecule has 1 N–H and O–H groups in total. The van der Waals surface area contributed by atoms with Crippen molar-refractivity contribution in [2.45, 2.75) is 90.5 Å². The molecule has 0 spiro atoms. The van der Waals surface area contributed by atoms with Crippen LogP contribution in [0.4, 0.5) is 0 Å². The van der Waals surface area contributed by atoms with Crippen LogP contribution in [0.15, 0.2) is 12.2 Å². The predicted molar refractivity (Wildman–Crippen MR) is 107 cm³/mol. The molecule has 0 radical (unpaired) electrons. The minimum absolute atomic E-state index is 0.136. The van der Waals surface area contributed by atoms with Crippen LogP contribution in [0.3, 0.4) is 0 Å². The third-order valence-electron chi connectivity index (χ3n) is 5.45. The smallest absolute Gasteiger partial charge is 0.335 e. The first-order chi connectivity index (χ1) is 11.5. The highest BCUT2D eigenvalue weighted by atomic mass is 28.4. The van der Waals surface area contributed by atoms with Gasteiger partial charge in [-0.1, -0.05) is 55.0 Å². The van der Waals surface area contributed by atoms with Crippen molar-refractivity contribution < 1.29 is 19.1 Å². The average molecular weight is 373 g/mol. The molecule has 0 aliphatic carbocycles. The molecule has 0 saturated carbocycles. The Kier molecular flexibility index (Phi) is 10.9. The molecule has 0 bridgehead atoms. The predicted octanol–water partition coefficient (Wildman–Crippen LogP) is 5.08. The Hall–Kier alpha value is -0.653. The molecule has 0 aromatic carbocycles. The van der Waals surface area contributed by atoms with Crippen molar-refractivity contribution in [3.05, 3.63) is 12.2 Å². The van der Waals surface area contributed by atoms with Crippen molar-refractivity contribution in [3.63, 3.8) is 0 Å². The Labute approximate surface area is 156 Å². The van der Waals surface area contributed by atoms with Gasteiger partial charge in [0.05, 0.1) is 18.8 Å². The first-order valence-electron chi connectivity index (χ1n) is 9.59. The van der Waals surface area contributed by atoms with Gasteiger partial charge in [0.25, 0.3) is 0 Å². The van der Waals surface area contributed by atoms with Crippen LogP contribution in [-0.4, -0.2) is 39.2 Å². The maximum Gasteiger partial charge on any atom is 0.335 e. The van der Waals surface area contributed by atoms with Gasteiger partial charge in [-0.25, -0.2) is 4.79 Å². The molecule has 0 saturated heterocycles. The molecule has 0 fully saturated rings. The summed E-state index contributed by atoms with van der Waals surface area (Å²) < 4.78 is 11.2. The third kappa shape index (κ3) is 6.87. The summed E-state index contributed by atoms with van der Waals surface area (Å²) in [6.07, 6.45) is 1.50. The van der Waals surface area contributed by atoms with Crippen molar-refractivity contribution in [2.75, 3.05) is 13.7 Å². The lowest BCUT2D eigenvalue weighted by Crippen LogP contribution is -2.48. The molecule has 0 aliphatic rings. The van der Waals surface area contributed by atoms with Gasteiger partial charge >= 0.3 is 5.97 Å². The van der Waals surface area contributed by atoms with E-state index >= 15 is 0 Å². The summed E-state index contributed by atoms with van der Waals surface area (Å²) in [6.45, 7) is 20.3. The highest BCUT2D eigenvalue weighted by molar-refractivity contribution is 6.77. The zero-order valence-electron chi connectivity index (χ0n) is 17.6. The second-order valence-electron chi connectivity index (χ2n) is 8.17. The van der Waals surface area contributed by atoms with E-state index in [-0.39, 0.29) is 5.57 Å². The van der Waals surface area contributed by atoms with Gasteiger partial charge in [-0.3, -0.25) is 0 Å². The molecule has 0 aromatic heterocycles. The lowest BCUT2D eigenvalue weighted by molar-refractivity contribution is -0.137. The molecule has 5 heteroatoms. The van der Waals surface area contributed by atoms with E-state index in [1.54, 1.807) is 0 Å². The van der Waals surface area contributed by atoms with Crippen molar-refractivity contribution >= 4 is 14.3 Å². The van der Waals surface area contributed by atoms with Crippen LogP contribution >= 0.6 is 0 Å². The fourth-order valence-electron chi connectivity index (χ4n) is 3.96. The van der Waals surface area contributed by atoms with E-state index in [1.807, 2.05) is 0 Å². The van der Waals surface area contributed by atoms with Gasteiger partial charge in [0, 0.05) is 6.61 Å². The molecule has 25 heavy (non-hydrogen) atoms. The first kappa shape index (κ1) is 24.3. The zero-order valence-corrected chi connectivity index (χ0v) is 18.6. The molecule has 0 unspecified atom stereocenters. The lowest BCUT2D eigenvalue weighted by Gasteiger charge is -2.42. The molecule has 0 aliphatic heterocycles. The van der Waals surface area contributed by atoms with E-state index in [9.17, 15) is 9.90 Å². The molecule has 0 heterocycles. The van der Waals surface area contributed by atoms with E-state index < -0.39 is 20.4 Å². The second-order valence-corrected chi connectivity index (χ2v) is 13.6. The van der Waals surface area contributed by atoms with E-state index in [2.05, 4.69) is 59.8 Å². The summed E-state index contributed by atoms with van der Waals surface area (Å²) >= 11 is 0. The van der Waals surface area contributed by atoms with Crippen molar-refractivity contribution in [3.8, 4) is 0 Å². The van der Waals surface area contributed by atoms with E-state index in [1.165, 1.54) is 7.11 Å². The van der Waals surface area contributed by atoms with Crippen LogP contribution in [0.25, 0.3) is 0 Å². The van der Waals surface area contributed by atoms with Crippen molar-refractivity contribution in [1.82, 2.24) is 0 Å². The standard InChI is InChI=1S/C20H40O4Si/c1-14(2)25(15(3)4,16(5)6)24-13-12-17(7)10-11-19(21)18(8)20(22)23-9/h14-17,19,21H,8,10-13H2,1-7,9H3/t17-,19+/m0/s1. The van der Waals surface area contributed by atoms with Crippen LogP contribution < -0.4 is 0 Å². The Morgan fingerprint density at radius 1 is 0.960 bits per heavy atom. The number of aliphatic hydroxyl groups excluding tert-OH is 1. The molecule has 0 rings (SSSR count). The molecule has 2 atom stereocenters. The minimum Gasteiger partial charge on any atom is -0.466 e. The quantitative estimate of drug-likeness (QED) is 0.295. The molecule has 148 valence electrons. The van der Waals surface area contributed by atoms with E-state index in [0.717, 1.165) is 19.4 Å². The van der Waals surface area contributed by atoms with Crippen LogP contribution in [0, 0.1) is 5.92 Å². The third-order valence-corrected chi connectivity index (χ3v) is 11.6. The molecular weight excluding hydrogens is 332 g/mol. The Morgan fingerprint density at radius 2 is 1.44 bits per heavy atom. The number of methoxy groups -OCH3 is 1. The van der Waals surface area contributed by atoms with E-state index in [0.29, 0.717) is 29.0 Å². The molecular formula is C20H40O4Si. The van der Waals surface area contributed by atoms with Crippen molar-refractivity contribution in [2.24, 2.45) is 5.92 Å². The summed E-state index contributed by atoms with van der Waals surface area (Å²) in [5.41, 5.74) is 1.91. The number of esters is 1. The number of aliphatic hydroxyl groups is 1. The average Bonchev–Trinajstić information content (AvgIpc) is 2.53. The van der Waals surface area contributed by atoms with Gasteiger partial charge in [-0.2, -0.15) is 0 Å². The van der Waals surface area contributed by atoms with Gasteiger partial charge in [0.1, 0.15) is 0 Å². The number of carbonyl (C=O) groups excluding carboxylic acids is 1. The van der Waals surface area contributed by atoms with Gasteiger partial charge in [-0.05, 0) is 41.8 Å². The largest absolute Gasteiger partial charge is 0.466 e. The zero-order chi connectivity index (χ0) is 19.8. The second kappa shape index (κ2) is 11.1. The van der Waals surface area contributed by atoms with Crippen molar-refractivity contribution in [1.29, 1.82) is 0 Å². The number of carbonyl (C=O) groups is 1. The summed E-state index contributed by atoms with van der Waals surface area (Å²) in [4.78, 5) is 11.4. The normalized spacial score (nSPS) is 14.9. The Balaban J connectivity index is 4.48. The number of rotatable bonds is 12. The van der Waals surface area contributed by atoms with Gasteiger partial charge in [0.2, 0.25) is 0 Å². The summed E-state index contributed by atoms with van der Waals surface area (Å²) in [6, 6.07) is 0. The fourth-order valence-corrected chi connectivity index (χ4v) is 9.44. The van der Waals surface area contributed by atoms with E-state index in [4.69, 9.17) is 4.43 Å². The topological polar surface area (TPSA) is 55.8 Å². The minimum atomic E-state index is -1.80. The van der Waals surface area contributed by atoms with Gasteiger partial charge in [-0.15, -0.1) is 0 Å². The van der Waals surface area contributed by atoms with Crippen LogP contribution in [0.2, 0.25) is 16.6 Å². The Bertz CT molecular complexity index is 396. The molecule has 0 amide bonds. The highest BCUT2D eigenvalue weighted by Gasteiger charge is 2.44. The molecule has 4 nitrogen and oxygen atoms in total. The highest BCUT2D eigenvalue weighted by Crippen LogP contribution is 2.42. The number of hydrogen-bond donors (Lipinski definition) is 1. The summed E-state index contributed by atoms with van der Waals surface area (Å²) in [5.74, 6) is -0.108. The van der Waals surface area contributed by atoms with Crippen LogP contribution in [0.1, 0.15) is 67.7 Å². The number of hydrogen-bond acceptors (Lipinski definition) is 4. The van der Waals surface area contributed by atoms with Gasteiger partial charge < -0.3 is 14.3 Å². The SMILES string of the molecule is C=C(C(=O)OC)[C@H](O)CC[C@H](C)CCO[Si](C(C)C)(C(C)C)C(C)C.